The van der Waals surface area contributed by atoms with Crippen LogP contribution >= 0.6 is 0 Å². The molecule has 1 aliphatic rings. The number of aryl methyl sites for hydroxylation is 1. The molecule has 2 aromatic rings. The zero-order valence-corrected chi connectivity index (χ0v) is 13.3. The predicted octanol–water partition coefficient (Wildman–Crippen LogP) is 1.72. The van der Waals surface area contributed by atoms with Crippen molar-refractivity contribution in [2.45, 2.75) is 32.6 Å². The highest BCUT2D eigenvalue weighted by Crippen LogP contribution is 2.30. The van der Waals surface area contributed by atoms with Crippen LogP contribution < -0.4 is 0 Å². The van der Waals surface area contributed by atoms with E-state index in [1.54, 1.807) is 31.1 Å². The Morgan fingerprint density at radius 2 is 2.30 bits per heavy atom. The molecule has 0 unspecified atom stereocenters. The van der Waals surface area contributed by atoms with Crippen LogP contribution in [-0.2, 0) is 16.1 Å². The largest absolute Gasteiger partial charge is 0.453 e. The normalized spacial score (nSPS) is 21.6. The van der Waals surface area contributed by atoms with Gasteiger partial charge in [0.2, 0.25) is 0 Å². The van der Waals surface area contributed by atoms with E-state index < -0.39 is 6.04 Å². The van der Waals surface area contributed by atoms with Crippen LogP contribution in [0.15, 0.2) is 21.1 Å². The predicted molar refractivity (Wildman–Crippen MR) is 77.6 cm³/mol. The summed E-state index contributed by atoms with van der Waals surface area (Å²) < 4.78 is 21.4. The first-order chi connectivity index (χ1) is 11.1. The number of rotatable bonds is 4. The number of morpholine rings is 1. The topological polar surface area (TPSA) is 90.8 Å². The average molecular weight is 321 g/mol. The van der Waals surface area contributed by atoms with Crippen LogP contribution in [-0.4, -0.2) is 47.3 Å². The standard InChI is InChI=1S/C15H19N3O5/c1-9-13(14-16-10(2)17-23-14)18(6-7-21-9)15(19)12-5-4-11(22-12)8-20-3/h4-5,9,13H,6-8H2,1-3H3/t9-,13+/m1/s1. The van der Waals surface area contributed by atoms with E-state index in [0.29, 0.717) is 37.2 Å². The number of ether oxygens (including phenoxy) is 2. The van der Waals surface area contributed by atoms with Gasteiger partial charge in [-0.1, -0.05) is 5.16 Å². The summed E-state index contributed by atoms with van der Waals surface area (Å²) in [6, 6.07) is 2.94. The molecule has 124 valence electrons. The van der Waals surface area contributed by atoms with Gasteiger partial charge in [-0.3, -0.25) is 4.79 Å². The Morgan fingerprint density at radius 1 is 1.48 bits per heavy atom. The second kappa shape index (κ2) is 6.51. The minimum Gasteiger partial charge on any atom is -0.453 e. The summed E-state index contributed by atoms with van der Waals surface area (Å²) >= 11 is 0. The summed E-state index contributed by atoms with van der Waals surface area (Å²) in [6.07, 6.45) is -0.249. The molecule has 0 aliphatic carbocycles. The van der Waals surface area contributed by atoms with E-state index in [2.05, 4.69) is 10.1 Å². The van der Waals surface area contributed by atoms with Gasteiger partial charge in [0.1, 0.15) is 18.4 Å². The number of carbonyl (C=O) groups excluding carboxylic acids is 1. The highest BCUT2D eigenvalue weighted by atomic mass is 16.5. The molecular weight excluding hydrogens is 302 g/mol. The summed E-state index contributed by atoms with van der Waals surface area (Å²) in [6.45, 7) is 4.80. The maximum absolute atomic E-state index is 12.8. The molecule has 1 amide bonds. The van der Waals surface area contributed by atoms with Crippen LogP contribution in [0.1, 0.15) is 41.0 Å². The van der Waals surface area contributed by atoms with Gasteiger partial charge in [-0.05, 0) is 26.0 Å². The monoisotopic (exact) mass is 321 g/mol. The second-order valence-electron chi connectivity index (χ2n) is 5.40. The van der Waals surface area contributed by atoms with E-state index in [1.165, 1.54) is 0 Å². The van der Waals surface area contributed by atoms with Gasteiger partial charge in [-0.2, -0.15) is 4.98 Å². The number of methoxy groups -OCH3 is 1. The number of aromatic nitrogens is 2. The van der Waals surface area contributed by atoms with Crippen LogP contribution in [0.2, 0.25) is 0 Å². The molecule has 1 saturated heterocycles. The lowest BCUT2D eigenvalue weighted by Crippen LogP contribution is -2.47. The molecule has 0 aromatic carbocycles. The Kier molecular flexibility index (Phi) is 4.44. The van der Waals surface area contributed by atoms with Gasteiger partial charge < -0.3 is 23.3 Å². The Balaban J connectivity index is 1.86. The first-order valence-electron chi connectivity index (χ1n) is 7.40. The third-order valence-electron chi connectivity index (χ3n) is 3.71. The van der Waals surface area contributed by atoms with Gasteiger partial charge in [0.05, 0.1) is 12.7 Å². The molecular formula is C15H19N3O5. The van der Waals surface area contributed by atoms with Crippen LogP contribution in [0.4, 0.5) is 0 Å². The molecule has 8 nitrogen and oxygen atoms in total. The van der Waals surface area contributed by atoms with E-state index in [-0.39, 0.29) is 17.8 Å². The summed E-state index contributed by atoms with van der Waals surface area (Å²) in [4.78, 5) is 18.7. The fourth-order valence-corrected chi connectivity index (χ4v) is 2.67. The maximum Gasteiger partial charge on any atom is 0.290 e. The molecule has 0 bridgehead atoms. The quantitative estimate of drug-likeness (QED) is 0.846. The molecule has 0 saturated carbocycles. The minimum absolute atomic E-state index is 0.233. The number of carbonyl (C=O) groups is 1. The first-order valence-corrected chi connectivity index (χ1v) is 7.40. The molecule has 0 N–H and O–H groups in total. The lowest BCUT2D eigenvalue weighted by atomic mass is 10.1. The molecule has 2 atom stereocenters. The molecule has 8 heteroatoms. The molecule has 1 aliphatic heterocycles. The fourth-order valence-electron chi connectivity index (χ4n) is 2.67. The van der Waals surface area contributed by atoms with Gasteiger partial charge in [0, 0.05) is 13.7 Å². The van der Waals surface area contributed by atoms with E-state index in [0.717, 1.165) is 0 Å². The maximum atomic E-state index is 12.8. The molecule has 0 radical (unpaired) electrons. The summed E-state index contributed by atoms with van der Waals surface area (Å²) in [7, 11) is 1.57. The van der Waals surface area contributed by atoms with E-state index >= 15 is 0 Å². The van der Waals surface area contributed by atoms with Gasteiger partial charge in [-0.15, -0.1) is 0 Å². The molecule has 0 spiro atoms. The van der Waals surface area contributed by atoms with E-state index in [4.69, 9.17) is 18.4 Å². The minimum atomic E-state index is -0.437. The van der Waals surface area contributed by atoms with Crippen molar-refractivity contribution in [1.29, 1.82) is 0 Å². The zero-order chi connectivity index (χ0) is 16.4. The highest BCUT2D eigenvalue weighted by molar-refractivity contribution is 5.91. The number of amides is 1. The lowest BCUT2D eigenvalue weighted by molar-refractivity contribution is -0.0609. The molecule has 23 heavy (non-hydrogen) atoms. The van der Waals surface area contributed by atoms with Crippen LogP contribution in [0, 0.1) is 6.92 Å². The SMILES string of the molecule is COCc1ccc(C(=O)N2CCO[C@H](C)[C@H]2c2nc(C)no2)o1. The van der Waals surface area contributed by atoms with Crippen molar-refractivity contribution in [1.82, 2.24) is 15.0 Å². The molecule has 3 rings (SSSR count). The third-order valence-corrected chi connectivity index (χ3v) is 3.71. The van der Waals surface area contributed by atoms with Crippen molar-refractivity contribution in [2.75, 3.05) is 20.3 Å². The van der Waals surface area contributed by atoms with Crippen LogP contribution in [0.5, 0.6) is 0 Å². The van der Waals surface area contributed by atoms with Crippen molar-refractivity contribution in [3.05, 3.63) is 35.4 Å². The number of hydrogen-bond donors (Lipinski definition) is 0. The Hall–Kier alpha value is -2.19. The van der Waals surface area contributed by atoms with Gasteiger partial charge in [-0.25, -0.2) is 0 Å². The zero-order valence-electron chi connectivity index (χ0n) is 13.3. The van der Waals surface area contributed by atoms with Crippen molar-refractivity contribution >= 4 is 5.91 Å². The van der Waals surface area contributed by atoms with Crippen molar-refractivity contribution in [2.24, 2.45) is 0 Å². The van der Waals surface area contributed by atoms with E-state index in [9.17, 15) is 4.79 Å². The van der Waals surface area contributed by atoms with Crippen molar-refractivity contribution in [3.8, 4) is 0 Å². The smallest absolute Gasteiger partial charge is 0.290 e. The van der Waals surface area contributed by atoms with Gasteiger partial charge in [0.25, 0.3) is 11.8 Å². The summed E-state index contributed by atoms with van der Waals surface area (Å²) in [5.74, 6) is 1.51. The summed E-state index contributed by atoms with van der Waals surface area (Å²) in [5, 5.41) is 3.80. The Morgan fingerprint density at radius 3 is 3.00 bits per heavy atom. The van der Waals surface area contributed by atoms with Crippen molar-refractivity contribution in [3.63, 3.8) is 0 Å². The Labute approximate surface area is 133 Å². The molecule has 2 aromatic heterocycles. The van der Waals surface area contributed by atoms with Gasteiger partial charge >= 0.3 is 0 Å². The number of furan rings is 1. The first kappa shape index (κ1) is 15.7. The third kappa shape index (κ3) is 3.13. The Bertz CT molecular complexity index is 680. The number of hydrogen-bond acceptors (Lipinski definition) is 7. The average Bonchev–Trinajstić information content (AvgIpc) is 3.16. The summed E-state index contributed by atoms with van der Waals surface area (Å²) in [5.41, 5.74) is 0. The van der Waals surface area contributed by atoms with Crippen molar-refractivity contribution < 1.29 is 23.2 Å². The fraction of sp³-hybridized carbons (Fsp3) is 0.533. The van der Waals surface area contributed by atoms with Crippen LogP contribution in [0.3, 0.4) is 0 Å². The highest BCUT2D eigenvalue weighted by Gasteiger charge is 2.39. The second-order valence-corrected chi connectivity index (χ2v) is 5.40. The van der Waals surface area contributed by atoms with Crippen LogP contribution in [0.25, 0.3) is 0 Å². The molecule has 3 heterocycles. The lowest BCUT2D eigenvalue weighted by Gasteiger charge is -2.37. The van der Waals surface area contributed by atoms with Gasteiger partial charge in [0.15, 0.2) is 11.6 Å². The van der Waals surface area contributed by atoms with E-state index in [1.807, 2.05) is 6.92 Å². The number of nitrogens with zero attached hydrogens (tertiary/aromatic N) is 3. The molecule has 1 fully saturated rings.